The molecule has 2 aromatic carbocycles. The molecule has 0 bridgehead atoms. The minimum absolute atomic E-state index is 0.358. The van der Waals surface area contributed by atoms with Crippen LogP contribution in [0, 0.1) is 0 Å². The van der Waals surface area contributed by atoms with E-state index in [9.17, 15) is 4.79 Å². The second kappa shape index (κ2) is 6.26. The first-order valence-corrected chi connectivity index (χ1v) is 8.33. The lowest BCUT2D eigenvalue weighted by Gasteiger charge is -2.28. The third kappa shape index (κ3) is 2.48. The van der Waals surface area contributed by atoms with Crippen molar-refractivity contribution in [1.82, 2.24) is 9.63 Å². The summed E-state index contributed by atoms with van der Waals surface area (Å²) in [6.07, 6.45) is 0.250. The fourth-order valence-corrected chi connectivity index (χ4v) is 3.71. The summed E-state index contributed by atoms with van der Waals surface area (Å²) >= 11 is 0. The maximum atomic E-state index is 12.4. The number of methoxy groups -OCH3 is 1. The van der Waals surface area contributed by atoms with Gasteiger partial charge in [0.2, 0.25) is 0 Å². The summed E-state index contributed by atoms with van der Waals surface area (Å²) in [7, 11) is 3.42. The molecule has 0 radical (unpaired) electrons. The molecular formula is C20H20N2O3. The van der Waals surface area contributed by atoms with Crippen molar-refractivity contribution in [2.24, 2.45) is 7.05 Å². The molecular weight excluding hydrogens is 316 g/mol. The molecule has 4 rings (SSSR count). The van der Waals surface area contributed by atoms with Gasteiger partial charge >= 0.3 is 6.09 Å². The molecule has 25 heavy (non-hydrogen) atoms. The third-order valence-corrected chi connectivity index (χ3v) is 4.81. The van der Waals surface area contributed by atoms with Gasteiger partial charge in [-0.15, -0.1) is 0 Å². The number of aryl methyl sites for hydroxylation is 1. The minimum Gasteiger partial charge on any atom is -0.451 e. The van der Waals surface area contributed by atoms with Crippen LogP contribution in [0.25, 0.3) is 10.9 Å². The molecule has 1 aromatic heterocycles. The second-order valence-electron chi connectivity index (χ2n) is 6.13. The molecule has 5 heteroatoms. The Balaban J connectivity index is 2.00. The topological polar surface area (TPSA) is 43.7 Å². The van der Waals surface area contributed by atoms with Crippen LogP contribution in [0.2, 0.25) is 0 Å². The Hall–Kier alpha value is -2.79. The highest BCUT2D eigenvalue weighted by Crippen LogP contribution is 2.38. The van der Waals surface area contributed by atoms with Crippen LogP contribution in [0.5, 0.6) is 0 Å². The Morgan fingerprint density at radius 2 is 1.84 bits per heavy atom. The average molecular weight is 336 g/mol. The number of nitrogens with zero attached hydrogens (tertiary/aromatic N) is 2. The molecule has 0 aliphatic carbocycles. The van der Waals surface area contributed by atoms with E-state index in [0.717, 1.165) is 23.2 Å². The lowest BCUT2D eigenvalue weighted by Crippen LogP contribution is -2.35. The van der Waals surface area contributed by atoms with Crippen molar-refractivity contribution >= 4 is 17.0 Å². The van der Waals surface area contributed by atoms with Crippen molar-refractivity contribution in [2.75, 3.05) is 13.7 Å². The molecule has 5 nitrogen and oxygen atoms in total. The van der Waals surface area contributed by atoms with Crippen molar-refractivity contribution in [2.45, 2.75) is 12.5 Å². The first kappa shape index (κ1) is 15.7. The van der Waals surface area contributed by atoms with Crippen LogP contribution in [0.4, 0.5) is 4.79 Å². The summed E-state index contributed by atoms with van der Waals surface area (Å²) < 4.78 is 7.14. The van der Waals surface area contributed by atoms with Crippen molar-refractivity contribution in [3.05, 3.63) is 71.4 Å². The van der Waals surface area contributed by atoms with E-state index < -0.39 is 6.09 Å². The molecule has 1 atom stereocenters. The normalized spacial score (nSPS) is 17.2. The van der Waals surface area contributed by atoms with Gasteiger partial charge in [-0.3, -0.25) is 4.84 Å². The molecule has 1 aliphatic heterocycles. The highest BCUT2D eigenvalue weighted by Gasteiger charge is 2.36. The molecule has 3 aromatic rings. The summed E-state index contributed by atoms with van der Waals surface area (Å²) in [4.78, 5) is 18.2. The number of hydrogen-bond donors (Lipinski definition) is 0. The van der Waals surface area contributed by atoms with Crippen LogP contribution in [-0.4, -0.2) is 29.4 Å². The van der Waals surface area contributed by atoms with E-state index in [4.69, 9.17) is 9.57 Å². The Kier molecular flexibility index (Phi) is 3.93. The van der Waals surface area contributed by atoms with Gasteiger partial charge in [-0.2, -0.15) is 5.06 Å². The van der Waals surface area contributed by atoms with Crippen LogP contribution in [0.3, 0.4) is 0 Å². The summed E-state index contributed by atoms with van der Waals surface area (Å²) in [5.41, 5.74) is 4.43. The van der Waals surface area contributed by atoms with Crippen molar-refractivity contribution < 1.29 is 14.4 Å². The zero-order chi connectivity index (χ0) is 17.4. The monoisotopic (exact) mass is 336 g/mol. The highest BCUT2D eigenvalue weighted by atomic mass is 16.7. The third-order valence-electron chi connectivity index (χ3n) is 4.81. The molecule has 128 valence electrons. The molecule has 0 fully saturated rings. The van der Waals surface area contributed by atoms with Gasteiger partial charge in [0.15, 0.2) is 0 Å². The lowest BCUT2D eigenvalue weighted by molar-refractivity contribution is -0.149. The van der Waals surface area contributed by atoms with Crippen LogP contribution < -0.4 is 0 Å². The van der Waals surface area contributed by atoms with E-state index in [0.29, 0.717) is 6.61 Å². The van der Waals surface area contributed by atoms with Gasteiger partial charge in [0.05, 0.1) is 19.4 Å². The average Bonchev–Trinajstić information content (AvgIpc) is 2.82. The molecule has 1 amide bonds. The summed E-state index contributed by atoms with van der Waals surface area (Å²) in [6.45, 7) is 0.430. The molecule has 0 N–H and O–H groups in total. The van der Waals surface area contributed by atoms with Crippen molar-refractivity contribution in [3.8, 4) is 0 Å². The van der Waals surface area contributed by atoms with Gasteiger partial charge in [0, 0.05) is 24.4 Å². The number of carbonyl (C=O) groups excluding carboxylic acids is 1. The van der Waals surface area contributed by atoms with Gasteiger partial charge in [0.1, 0.15) is 6.04 Å². The number of hydroxylamine groups is 2. The van der Waals surface area contributed by atoms with Crippen molar-refractivity contribution in [3.63, 3.8) is 0 Å². The Morgan fingerprint density at radius 1 is 1.12 bits per heavy atom. The number of para-hydroxylation sites is 1. The molecule has 0 saturated carbocycles. The SMILES string of the molecule is COC(=O)N1OCCc2c(n(C)c3ccccc23)C1c1ccccc1. The number of fused-ring (bicyclic) bond motifs is 3. The number of aromatic nitrogens is 1. The van der Waals surface area contributed by atoms with E-state index in [-0.39, 0.29) is 6.04 Å². The van der Waals surface area contributed by atoms with Crippen LogP contribution >= 0.6 is 0 Å². The Labute approximate surface area is 146 Å². The number of rotatable bonds is 1. The van der Waals surface area contributed by atoms with E-state index in [1.165, 1.54) is 23.1 Å². The molecule has 1 unspecified atom stereocenters. The van der Waals surface area contributed by atoms with Gasteiger partial charge in [-0.05, 0) is 17.2 Å². The number of ether oxygens (including phenoxy) is 1. The fraction of sp³-hybridized carbons (Fsp3) is 0.250. The zero-order valence-electron chi connectivity index (χ0n) is 14.3. The number of benzene rings is 2. The van der Waals surface area contributed by atoms with Gasteiger partial charge < -0.3 is 9.30 Å². The van der Waals surface area contributed by atoms with Crippen LogP contribution in [0.1, 0.15) is 22.9 Å². The fourth-order valence-electron chi connectivity index (χ4n) is 3.71. The highest BCUT2D eigenvalue weighted by molar-refractivity contribution is 5.86. The summed E-state index contributed by atoms with van der Waals surface area (Å²) in [5.74, 6) is 0. The minimum atomic E-state index is -0.494. The van der Waals surface area contributed by atoms with E-state index in [2.05, 4.69) is 16.7 Å². The van der Waals surface area contributed by atoms with E-state index in [1.54, 1.807) is 0 Å². The summed E-state index contributed by atoms with van der Waals surface area (Å²) in [5, 5.41) is 2.57. The van der Waals surface area contributed by atoms with Crippen LogP contribution in [0.15, 0.2) is 54.6 Å². The van der Waals surface area contributed by atoms with Gasteiger partial charge in [-0.1, -0.05) is 48.5 Å². The first-order chi connectivity index (χ1) is 12.2. The molecule has 0 saturated heterocycles. The van der Waals surface area contributed by atoms with E-state index in [1.807, 2.05) is 49.5 Å². The quantitative estimate of drug-likeness (QED) is 0.678. The smallest absolute Gasteiger partial charge is 0.434 e. The predicted molar refractivity (Wildman–Crippen MR) is 95.1 cm³/mol. The number of amides is 1. The second-order valence-corrected chi connectivity index (χ2v) is 6.13. The maximum Gasteiger partial charge on any atom is 0.434 e. The molecule has 0 spiro atoms. The summed E-state index contributed by atoms with van der Waals surface area (Å²) in [6, 6.07) is 17.9. The Bertz CT molecular complexity index is 917. The molecule has 1 aliphatic rings. The largest absolute Gasteiger partial charge is 0.451 e. The lowest BCUT2D eigenvalue weighted by atomic mass is 9.98. The Morgan fingerprint density at radius 3 is 2.60 bits per heavy atom. The van der Waals surface area contributed by atoms with Crippen LogP contribution in [-0.2, 0) is 23.0 Å². The first-order valence-electron chi connectivity index (χ1n) is 8.33. The number of carbonyl (C=O) groups is 1. The zero-order valence-corrected chi connectivity index (χ0v) is 14.3. The van der Waals surface area contributed by atoms with E-state index >= 15 is 0 Å². The number of hydrogen-bond acceptors (Lipinski definition) is 3. The van der Waals surface area contributed by atoms with Gasteiger partial charge in [-0.25, -0.2) is 4.79 Å². The van der Waals surface area contributed by atoms with Crippen molar-refractivity contribution in [1.29, 1.82) is 0 Å². The predicted octanol–water partition coefficient (Wildman–Crippen LogP) is 3.82. The van der Waals surface area contributed by atoms with Gasteiger partial charge in [0.25, 0.3) is 0 Å². The molecule has 2 heterocycles. The maximum absolute atomic E-state index is 12.4. The standard InChI is InChI=1S/C20H20N2O3/c1-21-17-11-7-6-10-15(17)16-12-13-25-22(20(23)24-2)18(19(16)21)14-8-4-3-5-9-14/h3-11,18H,12-13H2,1-2H3.